The number of hydrogen-bond acceptors (Lipinski definition) is 3. The molecule has 1 saturated heterocycles. The molecule has 0 aromatic heterocycles. The van der Waals surface area contributed by atoms with Gasteiger partial charge in [0.05, 0.1) is 6.04 Å². The lowest BCUT2D eigenvalue weighted by Crippen LogP contribution is -2.39. The molecule has 0 spiro atoms. The number of para-hydroxylation sites is 1. The minimum Gasteiger partial charge on any atom is -0.372 e. The fourth-order valence-corrected chi connectivity index (χ4v) is 3.45. The van der Waals surface area contributed by atoms with Crippen LogP contribution in [0, 0.1) is 0 Å². The molecule has 6 nitrogen and oxygen atoms in total. The first-order valence-corrected chi connectivity index (χ1v) is 10.4. The largest absolute Gasteiger partial charge is 0.372 e. The van der Waals surface area contributed by atoms with Gasteiger partial charge < -0.3 is 20.9 Å². The molecule has 1 aliphatic rings. The van der Waals surface area contributed by atoms with Gasteiger partial charge in [0.25, 0.3) is 0 Å². The maximum atomic E-state index is 12.2. The van der Waals surface area contributed by atoms with Crippen LogP contribution in [0.3, 0.4) is 0 Å². The lowest BCUT2D eigenvalue weighted by molar-refractivity contribution is -0.114. The van der Waals surface area contributed by atoms with Crippen molar-refractivity contribution >= 4 is 47.2 Å². The molecule has 1 heterocycles. The maximum Gasteiger partial charge on any atom is 0.246 e. The predicted molar refractivity (Wildman–Crippen MR) is 136 cm³/mol. The number of carbonyl (C=O) groups excluding carboxylic acids is 1. The Labute approximate surface area is 196 Å². The van der Waals surface area contributed by atoms with E-state index in [4.69, 9.17) is 0 Å². The number of nitrogens with zero attached hydrogens (tertiary/aromatic N) is 2. The summed E-state index contributed by atoms with van der Waals surface area (Å²) in [6, 6.07) is 18.2. The van der Waals surface area contributed by atoms with Gasteiger partial charge in [-0.2, -0.15) is 0 Å². The molecule has 2 aromatic rings. The Bertz CT molecular complexity index is 821. The zero-order valence-electron chi connectivity index (χ0n) is 17.7. The van der Waals surface area contributed by atoms with Crippen LogP contribution in [-0.2, 0) is 4.79 Å². The van der Waals surface area contributed by atoms with E-state index in [1.807, 2.05) is 37.3 Å². The van der Waals surface area contributed by atoms with Crippen molar-refractivity contribution in [1.82, 2.24) is 10.6 Å². The number of anilines is 2. The molecular formula is C23H32IN5O. The Balaban J connectivity index is 0.00000320. The van der Waals surface area contributed by atoms with Crippen molar-refractivity contribution in [3.05, 3.63) is 60.2 Å². The maximum absolute atomic E-state index is 12.2. The molecule has 3 N–H and O–H groups in total. The Hall–Kier alpha value is -2.29. The van der Waals surface area contributed by atoms with Gasteiger partial charge in [-0.1, -0.05) is 30.3 Å². The molecule has 162 valence electrons. The lowest BCUT2D eigenvalue weighted by atomic mass is 10.1. The number of carbonyl (C=O) groups is 1. The minimum atomic E-state index is -0.142. The molecule has 1 amide bonds. The minimum absolute atomic E-state index is 0. The van der Waals surface area contributed by atoms with Gasteiger partial charge in [-0.25, -0.2) is 4.99 Å². The van der Waals surface area contributed by atoms with E-state index < -0.39 is 0 Å². The summed E-state index contributed by atoms with van der Waals surface area (Å²) in [5, 5.41) is 9.49. The fraction of sp³-hybridized carbons (Fsp3) is 0.391. The van der Waals surface area contributed by atoms with E-state index in [-0.39, 0.29) is 42.5 Å². The highest BCUT2D eigenvalue weighted by Gasteiger charge is 2.14. The van der Waals surface area contributed by atoms with Gasteiger partial charge >= 0.3 is 0 Å². The monoisotopic (exact) mass is 521 g/mol. The van der Waals surface area contributed by atoms with Crippen LogP contribution in [0.15, 0.2) is 59.6 Å². The van der Waals surface area contributed by atoms with Gasteiger partial charge in [-0.3, -0.25) is 4.79 Å². The van der Waals surface area contributed by atoms with Crippen LogP contribution in [0.25, 0.3) is 0 Å². The summed E-state index contributed by atoms with van der Waals surface area (Å²) in [6.07, 6.45) is 2.53. The molecule has 1 aliphatic heterocycles. The first-order valence-electron chi connectivity index (χ1n) is 10.4. The summed E-state index contributed by atoms with van der Waals surface area (Å²) in [4.78, 5) is 19.1. The second-order valence-corrected chi connectivity index (χ2v) is 7.26. The molecule has 1 atom stereocenters. The van der Waals surface area contributed by atoms with Gasteiger partial charge in [0.1, 0.15) is 6.54 Å². The van der Waals surface area contributed by atoms with Crippen LogP contribution in [-0.4, -0.2) is 38.0 Å². The number of guanidine groups is 1. The van der Waals surface area contributed by atoms with Crippen molar-refractivity contribution in [2.75, 3.05) is 36.4 Å². The van der Waals surface area contributed by atoms with Gasteiger partial charge in [0, 0.05) is 31.0 Å². The standard InChI is InChI=1S/C23H31N5O.HI/c1-3-24-23(25-17-22(29)27-20-11-5-4-6-12-20)26-18(2)19-10-9-13-21(16-19)28-14-7-8-15-28;/h4-6,9-13,16,18H,3,7-8,14-15,17H2,1-2H3,(H,27,29)(H2,24,25,26);1H. The summed E-state index contributed by atoms with van der Waals surface area (Å²) in [6.45, 7) is 7.18. The number of rotatable bonds is 7. The zero-order valence-corrected chi connectivity index (χ0v) is 20.1. The number of nitrogens with one attached hydrogen (secondary N) is 3. The van der Waals surface area contributed by atoms with Crippen LogP contribution >= 0.6 is 24.0 Å². The molecule has 1 unspecified atom stereocenters. The van der Waals surface area contributed by atoms with Gasteiger partial charge in [0.15, 0.2) is 5.96 Å². The number of amides is 1. The van der Waals surface area contributed by atoms with Crippen molar-refractivity contribution < 1.29 is 4.79 Å². The Morgan fingerprint density at radius 2 is 1.83 bits per heavy atom. The van der Waals surface area contributed by atoms with Crippen molar-refractivity contribution in [2.45, 2.75) is 32.7 Å². The molecule has 30 heavy (non-hydrogen) atoms. The number of hydrogen-bond donors (Lipinski definition) is 3. The van der Waals surface area contributed by atoms with Crippen molar-refractivity contribution in [1.29, 1.82) is 0 Å². The van der Waals surface area contributed by atoms with E-state index in [9.17, 15) is 4.79 Å². The smallest absolute Gasteiger partial charge is 0.246 e. The number of halogens is 1. The summed E-state index contributed by atoms with van der Waals surface area (Å²) in [5.41, 5.74) is 3.25. The normalized spacial score (nSPS) is 14.6. The third-order valence-electron chi connectivity index (χ3n) is 4.98. The van der Waals surface area contributed by atoms with Crippen LogP contribution in [0.4, 0.5) is 11.4 Å². The lowest BCUT2D eigenvalue weighted by Gasteiger charge is -2.22. The SMILES string of the molecule is CCNC(=NCC(=O)Nc1ccccc1)NC(C)c1cccc(N2CCCC2)c1.I. The fourth-order valence-electron chi connectivity index (χ4n) is 3.45. The third kappa shape index (κ3) is 7.19. The van der Waals surface area contributed by atoms with E-state index >= 15 is 0 Å². The molecule has 0 saturated carbocycles. The first kappa shape index (κ1) is 24.0. The quantitative estimate of drug-likeness (QED) is 0.291. The third-order valence-corrected chi connectivity index (χ3v) is 4.98. The number of aliphatic imine (C=N–C) groups is 1. The summed E-state index contributed by atoms with van der Waals surface area (Å²) in [5.74, 6) is 0.492. The van der Waals surface area contributed by atoms with Crippen LogP contribution in [0.2, 0.25) is 0 Å². The van der Waals surface area contributed by atoms with Gasteiger partial charge in [-0.05, 0) is 56.5 Å². The second kappa shape index (κ2) is 12.4. The zero-order chi connectivity index (χ0) is 20.5. The van der Waals surface area contributed by atoms with E-state index in [0.29, 0.717) is 5.96 Å². The molecule has 0 radical (unpaired) electrons. The topological polar surface area (TPSA) is 68.8 Å². The molecule has 1 fully saturated rings. The van der Waals surface area contributed by atoms with Gasteiger partial charge in [-0.15, -0.1) is 24.0 Å². The molecule has 2 aromatic carbocycles. The van der Waals surface area contributed by atoms with E-state index in [2.05, 4.69) is 57.0 Å². The summed E-state index contributed by atoms with van der Waals surface area (Å²) in [7, 11) is 0. The Morgan fingerprint density at radius 1 is 1.10 bits per heavy atom. The molecule has 0 bridgehead atoms. The van der Waals surface area contributed by atoms with Crippen molar-refractivity contribution in [3.8, 4) is 0 Å². The van der Waals surface area contributed by atoms with E-state index in [1.54, 1.807) is 0 Å². The van der Waals surface area contributed by atoms with Crippen LogP contribution in [0.5, 0.6) is 0 Å². The average molecular weight is 521 g/mol. The molecule has 3 rings (SSSR count). The highest BCUT2D eigenvalue weighted by Crippen LogP contribution is 2.23. The van der Waals surface area contributed by atoms with E-state index in [0.717, 1.165) is 25.3 Å². The van der Waals surface area contributed by atoms with Crippen molar-refractivity contribution in [2.24, 2.45) is 4.99 Å². The second-order valence-electron chi connectivity index (χ2n) is 7.26. The van der Waals surface area contributed by atoms with Crippen molar-refractivity contribution in [3.63, 3.8) is 0 Å². The first-order chi connectivity index (χ1) is 14.2. The Morgan fingerprint density at radius 3 is 2.53 bits per heavy atom. The number of benzene rings is 2. The molecule has 0 aliphatic carbocycles. The molecule has 7 heteroatoms. The average Bonchev–Trinajstić information content (AvgIpc) is 3.28. The summed E-state index contributed by atoms with van der Waals surface area (Å²) >= 11 is 0. The molecular weight excluding hydrogens is 489 g/mol. The highest BCUT2D eigenvalue weighted by atomic mass is 127. The van der Waals surface area contributed by atoms with Crippen LogP contribution in [0.1, 0.15) is 38.3 Å². The predicted octanol–water partition coefficient (Wildman–Crippen LogP) is 4.16. The Kier molecular flexibility index (Phi) is 9.93. The van der Waals surface area contributed by atoms with Gasteiger partial charge in [0.2, 0.25) is 5.91 Å². The highest BCUT2D eigenvalue weighted by molar-refractivity contribution is 14.0. The van der Waals surface area contributed by atoms with Crippen LogP contribution < -0.4 is 20.9 Å². The summed E-state index contributed by atoms with van der Waals surface area (Å²) < 4.78 is 0. The van der Waals surface area contributed by atoms with E-state index in [1.165, 1.54) is 24.1 Å².